The number of halogens is 1. The van der Waals surface area contributed by atoms with Crippen molar-refractivity contribution < 1.29 is 4.74 Å². The molecule has 0 amide bonds. The lowest BCUT2D eigenvalue weighted by molar-refractivity contribution is 0.210. The highest BCUT2D eigenvalue weighted by molar-refractivity contribution is 14.0. The molecule has 4 nitrogen and oxygen atoms in total. The molecule has 0 bridgehead atoms. The van der Waals surface area contributed by atoms with Crippen LogP contribution in [0.2, 0.25) is 0 Å². The van der Waals surface area contributed by atoms with E-state index in [1.54, 1.807) is 7.11 Å². The molecule has 0 saturated carbocycles. The van der Waals surface area contributed by atoms with Gasteiger partial charge in [0.25, 0.3) is 0 Å². The average molecular weight is 429 g/mol. The van der Waals surface area contributed by atoms with Gasteiger partial charge in [-0.15, -0.1) is 24.0 Å². The second-order valence-electron chi connectivity index (χ2n) is 6.75. The molecule has 1 aromatic rings. The van der Waals surface area contributed by atoms with Crippen LogP contribution in [0.5, 0.6) is 5.75 Å². The number of aliphatic imine (C=N–C) groups is 1. The third kappa shape index (κ3) is 3.92. The second kappa shape index (κ2) is 7.73. The van der Waals surface area contributed by atoms with Gasteiger partial charge in [-0.3, -0.25) is 4.99 Å². The first-order valence-corrected chi connectivity index (χ1v) is 8.30. The lowest BCUT2D eigenvalue weighted by Crippen LogP contribution is -2.48. The van der Waals surface area contributed by atoms with E-state index in [9.17, 15) is 0 Å². The van der Waals surface area contributed by atoms with Crippen molar-refractivity contribution >= 4 is 29.9 Å². The summed E-state index contributed by atoms with van der Waals surface area (Å²) in [4.78, 5) is 7.22. The van der Waals surface area contributed by atoms with Crippen molar-refractivity contribution in [3.05, 3.63) is 29.3 Å². The molecule has 5 heteroatoms. The molecule has 23 heavy (non-hydrogen) atoms. The predicted octanol–water partition coefficient (Wildman–Crippen LogP) is 3.74. The van der Waals surface area contributed by atoms with Gasteiger partial charge in [-0.1, -0.05) is 19.1 Å². The van der Waals surface area contributed by atoms with Crippen molar-refractivity contribution in [2.24, 2.45) is 10.9 Å². The van der Waals surface area contributed by atoms with Crippen LogP contribution in [0.3, 0.4) is 0 Å². The van der Waals surface area contributed by atoms with E-state index in [1.807, 2.05) is 6.07 Å². The molecule has 2 aliphatic rings. The van der Waals surface area contributed by atoms with Crippen LogP contribution >= 0.6 is 24.0 Å². The number of hydrogen-bond donors (Lipinski definition) is 1. The maximum atomic E-state index is 5.34. The van der Waals surface area contributed by atoms with Crippen LogP contribution in [0.15, 0.2) is 23.2 Å². The van der Waals surface area contributed by atoms with Gasteiger partial charge in [0.2, 0.25) is 0 Å². The Morgan fingerprint density at radius 3 is 2.83 bits per heavy atom. The van der Waals surface area contributed by atoms with Gasteiger partial charge in [0.15, 0.2) is 5.96 Å². The molecule has 1 N–H and O–H groups in total. The number of hydrogen-bond acceptors (Lipinski definition) is 4. The number of aryl methyl sites for hydroxylation is 1. The molecule has 2 aliphatic heterocycles. The fourth-order valence-corrected chi connectivity index (χ4v) is 3.52. The molecule has 2 unspecified atom stereocenters. The number of ether oxygens (including phenoxy) is 1. The van der Waals surface area contributed by atoms with Crippen LogP contribution in [0, 0.1) is 12.8 Å². The van der Waals surface area contributed by atoms with Crippen molar-refractivity contribution in [1.82, 2.24) is 10.2 Å². The van der Waals surface area contributed by atoms with Crippen LogP contribution in [0.1, 0.15) is 43.9 Å². The van der Waals surface area contributed by atoms with Crippen molar-refractivity contribution in [2.45, 2.75) is 45.7 Å². The zero-order valence-electron chi connectivity index (χ0n) is 14.5. The standard InChI is InChI=1S/C18H27N3O.HI/c1-12-5-7-16-10-19-18(21(16)11-12)20-14(3)15-6-8-17(22-4)13(2)9-15;/h6,8-9,12,14,16H,5,7,10-11H2,1-4H3,(H,19,20);1H/t12?,14-,16?;/m0./s1. The van der Waals surface area contributed by atoms with Crippen LogP contribution in [0.25, 0.3) is 0 Å². The highest BCUT2D eigenvalue weighted by Gasteiger charge is 2.33. The summed E-state index contributed by atoms with van der Waals surface area (Å²) in [6.45, 7) is 8.70. The first-order chi connectivity index (χ1) is 10.6. The molecule has 128 valence electrons. The number of benzene rings is 1. The minimum Gasteiger partial charge on any atom is -0.496 e. The summed E-state index contributed by atoms with van der Waals surface area (Å²) in [6, 6.07) is 7.24. The Hall–Kier alpha value is -0.980. The first kappa shape index (κ1) is 18.4. The fourth-order valence-electron chi connectivity index (χ4n) is 3.52. The molecule has 3 rings (SSSR count). The van der Waals surface area contributed by atoms with E-state index in [4.69, 9.17) is 9.73 Å². The maximum Gasteiger partial charge on any atom is 0.194 e. The van der Waals surface area contributed by atoms with E-state index >= 15 is 0 Å². The lowest BCUT2D eigenvalue weighted by Gasteiger charge is -2.36. The van der Waals surface area contributed by atoms with E-state index in [-0.39, 0.29) is 30.0 Å². The van der Waals surface area contributed by atoms with Gasteiger partial charge in [0.05, 0.1) is 25.7 Å². The van der Waals surface area contributed by atoms with Gasteiger partial charge in [-0.05, 0) is 49.8 Å². The number of nitrogens with one attached hydrogen (secondary N) is 1. The number of nitrogens with zero attached hydrogens (tertiary/aromatic N) is 2. The minimum atomic E-state index is 0. The van der Waals surface area contributed by atoms with Crippen LogP contribution in [-0.2, 0) is 0 Å². The summed E-state index contributed by atoms with van der Waals surface area (Å²) in [7, 11) is 1.72. The van der Waals surface area contributed by atoms with Crippen molar-refractivity contribution in [1.29, 1.82) is 0 Å². The summed E-state index contributed by atoms with van der Waals surface area (Å²) in [5, 5.41) is 3.61. The Kier molecular flexibility index (Phi) is 6.17. The van der Waals surface area contributed by atoms with Gasteiger partial charge in [-0.2, -0.15) is 0 Å². The fraction of sp³-hybridized carbons (Fsp3) is 0.611. The molecule has 0 aromatic heterocycles. The number of methoxy groups -OCH3 is 1. The van der Waals surface area contributed by atoms with Crippen molar-refractivity contribution in [2.75, 3.05) is 20.2 Å². The third-order valence-electron chi connectivity index (χ3n) is 4.93. The average Bonchev–Trinajstić information content (AvgIpc) is 2.89. The van der Waals surface area contributed by atoms with Gasteiger partial charge < -0.3 is 15.0 Å². The van der Waals surface area contributed by atoms with Gasteiger partial charge in [0.1, 0.15) is 5.75 Å². The lowest BCUT2D eigenvalue weighted by atomic mass is 9.95. The summed E-state index contributed by atoms with van der Waals surface area (Å²) < 4.78 is 5.34. The zero-order valence-corrected chi connectivity index (χ0v) is 16.8. The van der Waals surface area contributed by atoms with Gasteiger partial charge in [0, 0.05) is 6.54 Å². The largest absolute Gasteiger partial charge is 0.496 e. The van der Waals surface area contributed by atoms with E-state index in [1.165, 1.54) is 24.0 Å². The third-order valence-corrected chi connectivity index (χ3v) is 4.93. The maximum absolute atomic E-state index is 5.34. The summed E-state index contributed by atoms with van der Waals surface area (Å²) >= 11 is 0. The predicted molar refractivity (Wildman–Crippen MR) is 106 cm³/mol. The van der Waals surface area contributed by atoms with E-state index in [2.05, 4.69) is 43.1 Å². The van der Waals surface area contributed by atoms with Crippen LogP contribution in [0.4, 0.5) is 0 Å². The highest BCUT2D eigenvalue weighted by Crippen LogP contribution is 2.27. The summed E-state index contributed by atoms with van der Waals surface area (Å²) in [5.74, 6) is 2.79. The molecule has 0 spiro atoms. The Morgan fingerprint density at radius 1 is 1.35 bits per heavy atom. The number of piperidine rings is 1. The van der Waals surface area contributed by atoms with Crippen LogP contribution < -0.4 is 10.1 Å². The summed E-state index contributed by atoms with van der Waals surface area (Å²) in [5.41, 5.74) is 2.45. The number of rotatable bonds is 3. The molecule has 1 aromatic carbocycles. The van der Waals surface area contributed by atoms with Crippen molar-refractivity contribution in [3.63, 3.8) is 0 Å². The monoisotopic (exact) mass is 429 g/mol. The Bertz CT molecular complexity index is 575. The minimum absolute atomic E-state index is 0. The number of fused-ring (bicyclic) bond motifs is 1. The quantitative estimate of drug-likeness (QED) is 0.744. The van der Waals surface area contributed by atoms with E-state index in [0.717, 1.165) is 30.7 Å². The molecule has 1 saturated heterocycles. The Morgan fingerprint density at radius 2 is 2.13 bits per heavy atom. The molecular weight excluding hydrogens is 401 g/mol. The van der Waals surface area contributed by atoms with Crippen molar-refractivity contribution in [3.8, 4) is 5.75 Å². The summed E-state index contributed by atoms with van der Waals surface area (Å²) in [6.07, 6.45) is 2.60. The number of guanidine groups is 1. The van der Waals surface area contributed by atoms with E-state index < -0.39 is 0 Å². The molecule has 0 aliphatic carbocycles. The van der Waals surface area contributed by atoms with Gasteiger partial charge >= 0.3 is 0 Å². The first-order valence-electron chi connectivity index (χ1n) is 8.30. The second-order valence-corrected chi connectivity index (χ2v) is 6.75. The normalized spacial score (nSPS) is 24.3. The zero-order chi connectivity index (χ0) is 15.7. The SMILES string of the molecule is COc1ccc([C@H](C)NC2=NCC3CCC(C)CN23)cc1C.I. The molecule has 3 atom stereocenters. The molecule has 0 radical (unpaired) electrons. The topological polar surface area (TPSA) is 36.9 Å². The molecule has 1 fully saturated rings. The molecular formula is C18H28IN3O. The van der Waals surface area contributed by atoms with Gasteiger partial charge in [-0.25, -0.2) is 0 Å². The smallest absolute Gasteiger partial charge is 0.194 e. The van der Waals surface area contributed by atoms with E-state index in [0.29, 0.717) is 6.04 Å². The Balaban J connectivity index is 0.00000192. The highest BCUT2D eigenvalue weighted by atomic mass is 127. The Labute approximate surface area is 156 Å². The molecule has 2 heterocycles. The van der Waals surface area contributed by atoms with Crippen LogP contribution in [-0.4, -0.2) is 37.1 Å².